The number of carbonyl (C=O) groups excluding carboxylic acids is 1. The van der Waals surface area contributed by atoms with Crippen LogP contribution in [0.5, 0.6) is 0 Å². The summed E-state index contributed by atoms with van der Waals surface area (Å²) in [6.45, 7) is 4.18. The van der Waals surface area contributed by atoms with Gasteiger partial charge in [-0.05, 0) is 26.0 Å². The van der Waals surface area contributed by atoms with E-state index in [-0.39, 0.29) is 29.6 Å². The highest BCUT2D eigenvalue weighted by Gasteiger charge is 2.16. The number of hydrogen-bond donors (Lipinski definition) is 2. The summed E-state index contributed by atoms with van der Waals surface area (Å²) in [6, 6.07) is 2.36. The van der Waals surface area contributed by atoms with Crippen LogP contribution in [0.25, 0.3) is 0 Å². The number of nitrogens with one attached hydrogen (secondary N) is 1. The van der Waals surface area contributed by atoms with Crippen LogP contribution >= 0.6 is 0 Å². The maximum atomic E-state index is 13.7. The summed E-state index contributed by atoms with van der Waals surface area (Å²) in [5, 5.41) is 2.91. The molecular weight excluding hydrogens is 251 g/mol. The van der Waals surface area contributed by atoms with Crippen molar-refractivity contribution >= 4 is 17.3 Å². The van der Waals surface area contributed by atoms with Gasteiger partial charge < -0.3 is 20.5 Å². The zero-order valence-electron chi connectivity index (χ0n) is 11.3. The number of rotatable bonds is 6. The van der Waals surface area contributed by atoms with E-state index in [0.29, 0.717) is 6.61 Å². The molecule has 106 valence electrons. The molecule has 0 heterocycles. The predicted molar refractivity (Wildman–Crippen MR) is 71.7 cm³/mol. The molecule has 0 aliphatic heterocycles. The van der Waals surface area contributed by atoms with E-state index < -0.39 is 11.8 Å². The molecule has 1 atom stereocenters. The van der Waals surface area contributed by atoms with Gasteiger partial charge in [-0.3, -0.25) is 0 Å². The summed E-state index contributed by atoms with van der Waals surface area (Å²) >= 11 is 0. The summed E-state index contributed by atoms with van der Waals surface area (Å²) in [6.07, 6.45) is 0. The Labute approximate surface area is 111 Å². The van der Waals surface area contributed by atoms with Crippen molar-refractivity contribution in [1.29, 1.82) is 0 Å². The molecule has 0 aromatic heterocycles. The van der Waals surface area contributed by atoms with E-state index in [2.05, 4.69) is 5.32 Å². The maximum absolute atomic E-state index is 13.7. The molecule has 1 aromatic carbocycles. The van der Waals surface area contributed by atoms with Crippen LogP contribution in [0, 0.1) is 5.82 Å². The van der Waals surface area contributed by atoms with Crippen molar-refractivity contribution in [1.82, 2.24) is 0 Å². The van der Waals surface area contributed by atoms with Crippen LogP contribution in [0.4, 0.5) is 15.8 Å². The first-order chi connectivity index (χ1) is 8.99. The second-order valence-electron chi connectivity index (χ2n) is 4.14. The number of benzene rings is 1. The molecule has 0 saturated carbocycles. The molecule has 0 radical (unpaired) electrons. The third kappa shape index (κ3) is 4.10. The zero-order chi connectivity index (χ0) is 14.4. The van der Waals surface area contributed by atoms with Crippen molar-refractivity contribution < 1.29 is 18.7 Å². The Kier molecular flexibility index (Phi) is 5.57. The van der Waals surface area contributed by atoms with Gasteiger partial charge in [-0.2, -0.15) is 0 Å². The van der Waals surface area contributed by atoms with Crippen LogP contribution in [-0.2, 0) is 9.47 Å². The molecule has 3 N–H and O–H groups in total. The molecule has 0 bridgehead atoms. The third-order valence-corrected chi connectivity index (χ3v) is 2.45. The molecule has 0 aliphatic carbocycles. The summed E-state index contributed by atoms with van der Waals surface area (Å²) in [7, 11) is 1.56. The number of nitrogen functional groups attached to an aromatic ring is 1. The van der Waals surface area contributed by atoms with Gasteiger partial charge in [0.05, 0.1) is 24.5 Å². The van der Waals surface area contributed by atoms with Crippen LogP contribution < -0.4 is 11.1 Å². The SMILES string of the molecule is CCOC(=O)c1cc(NC(C)COC)c(F)cc1N. The largest absolute Gasteiger partial charge is 0.462 e. The lowest BCUT2D eigenvalue weighted by molar-refractivity contribution is 0.0527. The Morgan fingerprint density at radius 1 is 1.53 bits per heavy atom. The first kappa shape index (κ1) is 15.2. The molecule has 0 fully saturated rings. The van der Waals surface area contributed by atoms with Gasteiger partial charge in [-0.1, -0.05) is 0 Å². The van der Waals surface area contributed by atoms with E-state index in [0.717, 1.165) is 6.07 Å². The third-order valence-electron chi connectivity index (χ3n) is 2.45. The van der Waals surface area contributed by atoms with Gasteiger partial charge >= 0.3 is 5.97 Å². The second kappa shape index (κ2) is 6.94. The quantitative estimate of drug-likeness (QED) is 0.611. The summed E-state index contributed by atoms with van der Waals surface area (Å²) in [5.41, 5.74) is 6.02. The van der Waals surface area contributed by atoms with Gasteiger partial charge in [0.1, 0.15) is 5.82 Å². The van der Waals surface area contributed by atoms with Crippen molar-refractivity contribution in [2.75, 3.05) is 31.4 Å². The Hall–Kier alpha value is -1.82. The number of carbonyl (C=O) groups is 1. The van der Waals surface area contributed by atoms with E-state index in [9.17, 15) is 9.18 Å². The minimum Gasteiger partial charge on any atom is -0.462 e. The Morgan fingerprint density at radius 3 is 2.79 bits per heavy atom. The van der Waals surface area contributed by atoms with Crippen LogP contribution in [0.2, 0.25) is 0 Å². The van der Waals surface area contributed by atoms with Crippen molar-refractivity contribution in [3.05, 3.63) is 23.5 Å². The Morgan fingerprint density at radius 2 is 2.21 bits per heavy atom. The highest BCUT2D eigenvalue weighted by molar-refractivity contribution is 5.96. The van der Waals surface area contributed by atoms with Crippen molar-refractivity contribution in [2.45, 2.75) is 19.9 Å². The first-order valence-electron chi connectivity index (χ1n) is 6.01. The number of halogens is 1. The fourth-order valence-electron chi connectivity index (χ4n) is 1.64. The fraction of sp³-hybridized carbons (Fsp3) is 0.462. The average molecular weight is 270 g/mol. The topological polar surface area (TPSA) is 73.6 Å². The molecule has 0 spiro atoms. The van der Waals surface area contributed by atoms with E-state index >= 15 is 0 Å². The predicted octanol–water partition coefficient (Wildman–Crippen LogP) is 2.03. The van der Waals surface area contributed by atoms with Gasteiger partial charge in [-0.15, -0.1) is 0 Å². The number of methoxy groups -OCH3 is 1. The van der Waals surface area contributed by atoms with E-state index in [1.54, 1.807) is 14.0 Å². The summed E-state index contributed by atoms with van der Waals surface area (Å²) in [5.74, 6) is -1.09. The summed E-state index contributed by atoms with van der Waals surface area (Å²) < 4.78 is 23.6. The van der Waals surface area contributed by atoms with Crippen LogP contribution in [-0.4, -0.2) is 32.3 Å². The zero-order valence-corrected chi connectivity index (χ0v) is 11.3. The molecule has 0 saturated heterocycles. The first-order valence-corrected chi connectivity index (χ1v) is 6.01. The molecule has 5 nitrogen and oxygen atoms in total. The number of nitrogens with two attached hydrogens (primary N) is 1. The molecular formula is C13H19FN2O3. The Balaban J connectivity index is 2.99. The van der Waals surface area contributed by atoms with Gasteiger partial charge in [0.15, 0.2) is 0 Å². The van der Waals surface area contributed by atoms with Gasteiger partial charge in [0.25, 0.3) is 0 Å². The number of esters is 1. The molecule has 6 heteroatoms. The minimum absolute atomic E-state index is 0.0564. The monoisotopic (exact) mass is 270 g/mol. The normalized spacial score (nSPS) is 12.0. The molecule has 0 amide bonds. The molecule has 1 rings (SSSR count). The average Bonchev–Trinajstić information content (AvgIpc) is 2.33. The Bertz CT molecular complexity index is 452. The highest BCUT2D eigenvalue weighted by atomic mass is 19.1. The van der Waals surface area contributed by atoms with Gasteiger partial charge in [0.2, 0.25) is 0 Å². The van der Waals surface area contributed by atoms with Crippen LogP contribution in [0.3, 0.4) is 0 Å². The van der Waals surface area contributed by atoms with Crippen molar-refractivity contribution in [2.24, 2.45) is 0 Å². The van der Waals surface area contributed by atoms with Crippen molar-refractivity contribution in [3.63, 3.8) is 0 Å². The fourth-order valence-corrected chi connectivity index (χ4v) is 1.64. The van der Waals surface area contributed by atoms with Gasteiger partial charge in [-0.25, -0.2) is 9.18 Å². The standard InChI is InChI=1S/C13H19FN2O3/c1-4-19-13(17)9-5-12(10(14)6-11(9)15)16-8(2)7-18-3/h5-6,8,16H,4,7,15H2,1-3H3. The minimum atomic E-state index is -0.567. The maximum Gasteiger partial charge on any atom is 0.340 e. The number of ether oxygens (including phenoxy) is 2. The van der Waals surface area contributed by atoms with Gasteiger partial charge in [0, 0.05) is 18.8 Å². The molecule has 0 aliphatic rings. The van der Waals surface area contributed by atoms with Crippen molar-refractivity contribution in [3.8, 4) is 0 Å². The number of anilines is 2. The molecule has 1 aromatic rings. The lowest BCUT2D eigenvalue weighted by Crippen LogP contribution is -2.22. The molecule has 19 heavy (non-hydrogen) atoms. The smallest absolute Gasteiger partial charge is 0.340 e. The number of hydrogen-bond acceptors (Lipinski definition) is 5. The second-order valence-corrected chi connectivity index (χ2v) is 4.14. The lowest BCUT2D eigenvalue weighted by Gasteiger charge is -2.16. The summed E-state index contributed by atoms with van der Waals surface area (Å²) in [4.78, 5) is 11.7. The van der Waals surface area contributed by atoms with E-state index in [4.69, 9.17) is 15.2 Å². The van der Waals surface area contributed by atoms with Crippen LogP contribution in [0.15, 0.2) is 12.1 Å². The van der Waals surface area contributed by atoms with E-state index in [1.807, 2.05) is 6.92 Å². The highest BCUT2D eigenvalue weighted by Crippen LogP contribution is 2.23. The molecule has 1 unspecified atom stereocenters. The van der Waals surface area contributed by atoms with E-state index in [1.165, 1.54) is 6.07 Å². The lowest BCUT2D eigenvalue weighted by atomic mass is 10.1. The van der Waals surface area contributed by atoms with Crippen LogP contribution in [0.1, 0.15) is 24.2 Å².